The highest BCUT2D eigenvalue weighted by Gasteiger charge is 2.80. The predicted molar refractivity (Wildman–Crippen MR) is 150 cm³/mol. The minimum Gasteiger partial charge on any atom is -0.453 e. The fraction of sp³-hybridized carbons (Fsp3) is 0.562. The third kappa shape index (κ3) is 3.47. The second kappa shape index (κ2) is 8.76. The van der Waals surface area contributed by atoms with Crippen molar-refractivity contribution in [3.05, 3.63) is 65.7 Å². The topological polar surface area (TPSA) is 76.1 Å². The largest absolute Gasteiger partial charge is 0.453 e. The maximum atomic E-state index is 17.6. The first-order chi connectivity index (χ1) is 18.7. The Morgan fingerprint density at radius 2 is 1.98 bits per heavy atom. The SMILES string of the molecule is C=CC(C)(C)OC(=O)[C@@]12ON(c3ccc(Cl)cc3)C[C@@H]1C[C@H]1[C@@H]3CCC4=CC(=O)C=C[C@]4(C)[C@@]3(F)[C@@H](O)C[C@@]12C. The van der Waals surface area contributed by atoms with Crippen LogP contribution in [0.3, 0.4) is 0 Å². The fourth-order valence-corrected chi connectivity index (χ4v) is 8.84. The van der Waals surface area contributed by atoms with Crippen molar-refractivity contribution >= 4 is 29.0 Å². The number of halogens is 2. The van der Waals surface area contributed by atoms with Gasteiger partial charge in [0.05, 0.1) is 18.3 Å². The lowest BCUT2D eigenvalue weighted by molar-refractivity contribution is -0.235. The van der Waals surface area contributed by atoms with E-state index in [0.717, 1.165) is 11.3 Å². The average Bonchev–Trinajstić information content (AvgIpc) is 3.39. The molecule has 4 fully saturated rings. The summed E-state index contributed by atoms with van der Waals surface area (Å²) >= 11 is 6.12. The molecule has 4 aliphatic carbocycles. The maximum Gasteiger partial charge on any atom is 0.343 e. The zero-order chi connectivity index (χ0) is 28.9. The molecule has 1 heterocycles. The lowest BCUT2D eigenvalue weighted by Crippen LogP contribution is -2.69. The highest BCUT2D eigenvalue weighted by molar-refractivity contribution is 6.30. The molecule has 0 radical (unpaired) electrons. The van der Waals surface area contributed by atoms with E-state index in [9.17, 15) is 14.7 Å². The van der Waals surface area contributed by atoms with Gasteiger partial charge in [-0.25, -0.2) is 9.18 Å². The Morgan fingerprint density at radius 3 is 2.65 bits per heavy atom. The van der Waals surface area contributed by atoms with E-state index in [1.807, 2.05) is 19.1 Å². The molecular formula is C32H37ClFNO5. The molecule has 5 aliphatic rings. The highest BCUT2D eigenvalue weighted by atomic mass is 35.5. The number of ketones is 1. The molecule has 0 amide bonds. The van der Waals surface area contributed by atoms with Gasteiger partial charge in [-0.3, -0.25) is 14.7 Å². The van der Waals surface area contributed by atoms with Crippen LogP contribution in [-0.2, 0) is 19.2 Å². The quantitative estimate of drug-likeness (QED) is 0.357. The Hall–Kier alpha value is -2.48. The van der Waals surface area contributed by atoms with E-state index in [2.05, 4.69) is 6.58 Å². The number of anilines is 1. The zero-order valence-electron chi connectivity index (χ0n) is 23.5. The van der Waals surface area contributed by atoms with Crippen LogP contribution in [0.5, 0.6) is 0 Å². The van der Waals surface area contributed by atoms with Crippen LogP contribution in [0.15, 0.2) is 60.7 Å². The number of hydroxylamine groups is 1. The van der Waals surface area contributed by atoms with Gasteiger partial charge in [-0.05, 0) is 94.9 Å². The summed E-state index contributed by atoms with van der Waals surface area (Å²) in [4.78, 5) is 33.2. The highest BCUT2D eigenvalue weighted by Crippen LogP contribution is 2.72. The van der Waals surface area contributed by atoms with E-state index in [0.29, 0.717) is 30.8 Å². The standard InChI is InChI=1S/C32H37ClFNO5/c1-6-28(2,3)39-27(38)32-20(18-35(40-32)22-10-8-21(33)9-11-22)16-25-24-12-7-19-15-23(36)13-14-29(19,4)31(24,34)26(37)17-30(25,32)5/h6,8-11,13-15,20,24-26,37H,1,7,12,16-18H2,2-5H3/t20-,24-,25-,26-,29-,30-,31-,32-/m0/s1. The first-order valence-electron chi connectivity index (χ1n) is 14.1. The monoisotopic (exact) mass is 569 g/mol. The van der Waals surface area contributed by atoms with Crippen LogP contribution < -0.4 is 5.06 Å². The number of benzene rings is 1. The normalized spacial score (nSPS) is 41.9. The Bertz CT molecular complexity index is 1340. The number of fused-ring (bicyclic) bond motifs is 7. The molecule has 8 heteroatoms. The minimum atomic E-state index is -1.99. The Balaban J connectivity index is 1.44. The average molecular weight is 570 g/mol. The summed E-state index contributed by atoms with van der Waals surface area (Å²) in [6.07, 6.45) is 6.40. The summed E-state index contributed by atoms with van der Waals surface area (Å²) in [5.74, 6) is -1.75. The van der Waals surface area contributed by atoms with Crippen LogP contribution in [0.25, 0.3) is 0 Å². The number of aliphatic hydroxyl groups excluding tert-OH is 1. The van der Waals surface area contributed by atoms with Gasteiger partial charge in [-0.15, -0.1) is 0 Å². The number of ether oxygens (including phenoxy) is 1. The molecule has 0 unspecified atom stereocenters. The first kappa shape index (κ1) is 27.7. The number of rotatable bonds is 4. The molecule has 0 spiro atoms. The van der Waals surface area contributed by atoms with Crippen LogP contribution >= 0.6 is 11.6 Å². The van der Waals surface area contributed by atoms with Gasteiger partial charge < -0.3 is 9.84 Å². The van der Waals surface area contributed by atoms with Gasteiger partial charge in [0.15, 0.2) is 11.5 Å². The lowest BCUT2D eigenvalue weighted by Gasteiger charge is -2.62. The molecule has 6 nitrogen and oxygen atoms in total. The fourth-order valence-electron chi connectivity index (χ4n) is 8.71. The van der Waals surface area contributed by atoms with Crippen molar-refractivity contribution in [1.29, 1.82) is 0 Å². The van der Waals surface area contributed by atoms with Crippen molar-refractivity contribution in [3.8, 4) is 0 Å². The van der Waals surface area contributed by atoms with Gasteiger partial charge in [0.1, 0.15) is 5.60 Å². The van der Waals surface area contributed by atoms with Gasteiger partial charge in [-0.2, -0.15) is 0 Å². The van der Waals surface area contributed by atoms with Crippen LogP contribution in [0, 0.1) is 28.6 Å². The molecular weight excluding hydrogens is 533 g/mol. The molecule has 1 N–H and O–H groups in total. The van der Waals surface area contributed by atoms with Crippen LogP contribution in [-0.4, -0.2) is 46.4 Å². The van der Waals surface area contributed by atoms with E-state index in [4.69, 9.17) is 21.2 Å². The van der Waals surface area contributed by atoms with Crippen molar-refractivity contribution in [1.82, 2.24) is 0 Å². The molecule has 8 atom stereocenters. The molecule has 3 saturated carbocycles. The van der Waals surface area contributed by atoms with Crippen molar-refractivity contribution in [2.45, 2.75) is 76.4 Å². The Kier molecular flexibility index (Phi) is 6.06. The van der Waals surface area contributed by atoms with Crippen molar-refractivity contribution in [2.75, 3.05) is 11.6 Å². The minimum absolute atomic E-state index is 0.0178. The van der Waals surface area contributed by atoms with Crippen molar-refractivity contribution in [2.24, 2.45) is 28.6 Å². The van der Waals surface area contributed by atoms with Crippen LogP contribution in [0.2, 0.25) is 5.02 Å². The number of carbonyl (C=O) groups excluding carboxylic acids is 2. The van der Waals surface area contributed by atoms with Crippen LogP contribution in [0.1, 0.15) is 53.4 Å². The van der Waals surface area contributed by atoms with Gasteiger partial charge in [0, 0.05) is 27.7 Å². The van der Waals surface area contributed by atoms with Gasteiger partial charge in [-0.1, -0.05) is 36.8 Å². The number of hydrogen-bond acceptors (Lipinski definition) is 6. The molecule has 0 bridgehead atoms. The summed E-state index contributed by atoms with van der Waals surface area (Å²) in [6.45, 7) is 11.5. The number of esters is 1. The lowest BCUT2D eigenvalue weighted by atomic mass is 9.45. The molecule has 1 saturated heterocycles. The summed E-state index contributed by atoms with van der Waals surface area (Å²) in [6, 6.07) is 7.21. The number of alkyl halides is 1. The second-order valence-electron chi connectivity index (χ2n) is 13.3. The third-order valence-corrected chi connectivity index (χ3v) is 11.2. The van der Waals surface area contributed by atoms with Gasteiger partial charge >= 0.3 is 5.97 Å². The van der Waals surface area contributed by atoms with E-state index >= 15 is 4.39 Å². The smallest absolute Gasteiger partial charge is 0.343 e. The molecule has 1 aromatic rings. The van der Waals surface area contributed by atoms with Crippen LogP contribution in [0.4, 0.5) is 10.1 Å². The predicted octanol–water partition coefficient (Wildman–Crippen LogP) is 5.94. The number of aliphatic hydroxyl groups is 1. The van der Waals surface area contributed by atoms with Crippen molar-refractivity contribution in [3.63, 3.8) is 0 Å². The van der Waals surface area contributed by atoms with Gasteiger partial charge in [0.25, 0.3) is 0 Å². The van der Waals surface area contributed by atoms with E-state index in [1.165, 1.54) is 12.2 Å². The number of carbonyl (C=O) groups is 2. The molecule has 6 rings (SSSR count). The molecule has 1 aliphatic heterocycles. The number of nitrogens with zero attached hydrogens (tertiary/aromatic N) is 1. The van der Waals surface area contributed by atoms with E-state index in [-0.39, 0.29) is 24.0 Å². The molecule has 40 heavy (non-hydrogen) atoms. The first-order valence-corrected chi connectivity index (χ1v) is 14.5. The third-order valence-electron chi connectivity index (χ3n) is 10.9. The van der Waals surface area contributed by atoms with E-state index in [1.54, 1.807) is 50.1 Å². The Morgan fingerprint density at radius 1 is 1.27 bits per heavy atom. The second-order valence-corrected chi connectivity index (χ2v) is 13.7. The summed E-state index contributed by atoms with van der Waals surface area (Å²) < 4.78 is 23.7. The van der Waals surface area contributed by atoms with Crippen molar-refractivity contribution < 1.29 is 28.7 Å². The molecule has 1 aromatic carbocycles. The number of allylic oxidation sites excluding steroid dienone is 4. The summed E-state index contributed by atoms with van der Waals surface area (Å²) in [5.41, 5.74) is -4.91. The Labute approximate surface area is 239 Å². The zero-order valence-corrected chi connectivity index (χ0v) is 24.2. The molecule has 214 valence electrons. The summed E-state index contributed by atoms with van der Waals surface area (Å²) in [5, 5.41) is 14.1. The number of hydrogen-bond donors (Lipinski definition) is 1. The summed E-state index contributed by atoms with van der Waals surface area (Å²) in [7, 11) is 0. The maximum absolute atomic E-state index is 17.6. The van der Waals surface area contributed by atoms with E-state index < -0.39 is 45.7 Å². The van der Waals surface area contributed by atoms with Gasteiger partial charge in [0.2, 0.25) is 5.60 Å². The molecule has 0 aromatic heterocycles.